The van der Waals surface area contributed by atoms with E-state index in [2.05, 4.69) is 16.0 Å². The Morgan fingerprint density at radius 2 is 2.12 bits per heavy atom. The van der Waals surface area contributed by atoms with Crippen LogP contribution in [0, 0.1) is 11.3 Å². The zero-order valence-corrected chi connectivity index (χ0v) is 19.1. The highest BCUT2D eigenvalue weighted by Crippen LogP contribution is 2.42. The number of nitriles is 1. The number of benzene rings is 1. The van der Waals surface area contributed by atoms with E-state index in [1.54, 1.807) is 0 Å². The summed E-state index contributed by atoms with van der Waals surface area (Å²) in [6, 6.07) is 9.48. The lowest BCUT2D eigenvalue weighted by Gasteiger charge is -2.40. The molecule has 4 rings (SSSR count). The first-order chi connectivity index (χ1) is 16.4. The molecule has 0 spiro atoms. The van der Waals surface area contributed by atoms with Crippen molar-refractivity contribution in [2.45, 2.75) is 43.6 Å². The van der Waals surface area contributed by atoms with Crippen molar-refractivity contribution in [2.24, 2.45) is 0 Å². The van der Waals surface area contributed by atoms with Gasteiger partial charge in [-0.2, -0.15) is 5.26 Å². The van der Waals surface area contributed by atoms with Crippen LogP contribution < -0.4 is 10.6 Å². The molecule has 2 heterocycles. The van der Waals surface area contributed by atoms with Gasteiger partial charge in [-0.05, 0) is 30.4 Å². The summed E-state index contributed by atoms with van der Waals surface area (Å²) in [6.45, 7) is 0.922. The van der Waals surface area contributed by atoms with Gasteiger partial charge in [0.15, 0.2) is 5.82 Å². The number of piperazine rings is 1. The monoisotopic (exact) mass is 464 g/mol. The predicted octanol–water partition coefficient (Wildman–Crippen LogP) is 2.13. The van der Waals surface area contributed by atoms with Crippen LogP contribution in [-0.2, 0) is 27.8 Å². The molecule has 1 fully saturated rings. The highest BCUT2D eigenvalue weighted by Gasteiger charge is 2.45. The second kappa shape index (κ2) is 9.55. The number of ether oxygens (including phenoxy) is 1. The Balaban J connectivity index is 1.68. The number of rotatable bonds is 5. The molecule has 1 saturated heterocycles. The third kappa shape index (κ3) is 4.09. The molecule has 0 radical (unpaired) electrons. The van der Waals surface area contributed by atoms with Crippen LogP contribution >= 0.6 is 0 Å². The van der Waals surface area contributed by atoms with Gasteiger partial charge < -0.3 is 25.4 Å². The smallest absolute Gasteiger partial charge is 0.407 e. The predicted molar refractivity (Wildman–Crippen MR) is 124 cm³/mol. The van der Waals surface area contributed by atoms with E-state index in [0.29, 0.717) is 36.7 Å². The van der Waals surface area contributed by atoms with Gasteiger partial charge >= 0.3 is 12.1 Å². The summed E-state index contributed by atoms with van der Waals surface area (Å²) in [5.41, 5.74) is 8.62. The molecule has 2 atom stereocenters. The fourth-order valence-electron chi connectivity index (χ4n) is 5.26. The number of fused-ring (bicyclic) bond motifs is 1. The van der Waals surface area contributed by atoms with Crippen LogP contribution in [0.4, 0.5) is 16.3 Å². The van der Waals surface area contributed by atoms with Gasteiger partial charge in [0.2, 0.25) is 0 Å². The summed E-state index contributed by atoms with van der Waals surface area (Å²) >= 11 is 0. The standard InChI is InChI=1S/C24H28N6O4/c1-34-22(31)24(9-4-6-16-5-2-3-7-18(16)24)13-19-20(26)21(28-15-27-19)29-11-12-30(23(32)33)17(14-29)8-10-25/h2-3,5,7,15,17H,4,6,8-9,11-14,26H2,1H3,(H,32,33). The number of carboxylic acid groups (broad SMARTS) is 1. The third-order valence-electron chi connectivity index (χ3n) is 6.93. The van der Waals surface area contributed by atoms with E-state index in [4.69, 9.17) is 15.7 Å². The molecule has 1 aliphatic carbocycles. The van der Waals surface area contributed by atoms with E-state index in [0.717, 1.165) is 24.0 Å². The number of aromatic nitrogens is 2. The van der Waals surface area contributed by atoms with Crippen molar-refractivity contribution in [3.05, 3.63) is 47.4 Å². The number of methoxy groups -OCH3 is 1. The molecule has 1 aromatic carbocycles. The van der Waals surface area contributed by atoms with Crippen molar-refractivity contribution in [1.82, 2.24) is 14.9 Å². The van der Waals surface area contributed by atoms with Gasteiger partial charge in [-0.1, -0.05) is 24.3 Å². The number of esters is 1. The minimum Gasteiger partial charge on any atom is -0.468 e. The molecule has 0 saturated carbocycles. The van der Waals surface area contributed by atoms with Crippen LogP contribution in [-0.4, -0.2) is 64.8 Å². The largest absolute Gasteiger partial charge is 0.468 e. The SMILES string of the molecule is COC(=O)C1(Cc2ncnc(N3CCN(C(=O)O)C(CC#N)C3)c2N)CCCc2ccccc21. The van der Waals surface area contributed by atoms with E-state index < -0.39 is 17.6 Å². The molecule has 10 heteroatoms. The zero-order valence-electron chi connectivity index (χ0n) is 19.1. The lowest BCUT2D eigenvalue weighted by atomic mass is 9.67. The Hall–Kier alpha value is -3.87. The van der Waals surface area contributed by atoms with Crippen molar-refractivity contribution in [3.63, 3.8) is 0 Å². The molecule has 10 nitrogen and oxygen atoms in total. The maximum atomic E-state index is 13.2. The topological polar surface area (TPSA) is 146 Å². The third-order valence-corrected chi connectivity index (χ3v) is 6.93. The Morgan fingerprint density at radius 1 is 1.32 bits per heavy atom. The fraction of sp³-hybridized carbons (Fsp3) is 0.458. The molecular weight excluding hydrogens is 436 g/mol. The summed E-state index contributed by atoms with van der Waals surface area (Å²) in [4.78, 5) is 36.7. The van der Waals surface area contributed by atoms with Gasteiger partial charge in [-0.25, -0.2) is 14.8 Å². The number of nitrogens with zero attached hydrogens (tertiary/aromatic N) is 5. The zero-order chi connectivity index (χ0) is 24.3. The first-order valence-electron chi connectivity index (χ1n) is 11.3. The lowest BCUT2D eigenvalue weighted by molar-refractivity contribution is -0.148. The van der Waals surface area contributed by atoms with Gasteiger partial charge in [0, 0.05) is 26.1 Å². The quantitative estimate of drug-likeness (QED) is 0.635. The summed E-state index contributed by atoms with van der Waals surface area (Å²) in [6.07, 6.45) is 3.08. The van der Waals surface area contributed by atoms with Crippen LogP contribution in [0.1, 0.15) is 36.1 Å². The maximum absolute atomic E-state index is 13.2. The molecule has 2 aromatic rings. The number of nitrogen functional groups attached to an aromatic ring is 1. The number of hydrogen-bond donors (Lipinski definition) is 2. The average Bonchev–Trinajstić information content (AvgIpc) is 2.85. The molecule has 34 heavy (non-hydrogen) atoms. The van der Waals surface area contributed by atoms with Crippen molar-refractivity contribution >= 4 is 23.6 Å². The maximum Gasteiger partial charge on any atom is 0.407 e. The molecule has 178 valence electrons. The second-order valence-electron chi connectivity index (χ2n) is 8.76. The summed E-state index contributed by atoms with van der Waals surface area (Å²) in [7, 11) is 1.40. The summed E-state index contributed by atoms with van der Waals surface area (Å²) in [5, 5.41) is 18.6. The number of carbonyl (C=O) groups excluding carboxylic acids is 1. The molecular formula is C24H28N6O4. The van der Waals surface area contributed by atoms with E-state index in [1.807, 2.05) is 29.2 Å². The minimum absolute atomic E-state index is 0.0723. The van der Waals surface area contributed by atoms with Gasteiger partial charge in [0.05, 0.1) is 42.4 Å². The van der Waals surface area contributed by atoms with Crippen molar-refractivity contribution in [3.8, 4) is 6.07 Å². The minimum atomic E-state index is -1.05. The molecule has 2 aliphatic rings. The molecule has 1 amide bonds. The van der Waals surface area contributed by atoms with Crippen LogP contribution in [0.25, 0.3) is 0 Å². The number of anilines is 2. The number of carbonyl (C=O) groups is 2. The second-order valence-corrected chi connectivity index (χ2v) is 8.76. The average molecular weight is 465 g/mol. The number of hydrogen-bond acceptors (Lipinski definition) is 8. The molecule has 0 bridgehead atoms. The van der Waals surface area contributed by atoms with Gasteiger partial charge in [0.1, 0.15) is 6.33 Å². The number of amides is 1. The Kier molecular flexibility index (Phi) is 6.54. The van der Waals surface area contributed by atoms with E-state index in [-0.39, 0.29) is 25.4 Å². The van der Waals surface area contributed by atoms with Gasteiger partial charge in [0.25, 0.3) is 0 Å². The number of aryl methyl sites for hydroxylation is 1. The molecule has 2 unspecified atom stereocenters. The summed E-state index contributed by atoms with van der Waals surface area (Å²) in [5.74, 6) is 0.172. The Labute approximate surface area is 198 Å². The number of nitrogens with two attached hydrogens (primary N) is 1. The van der Waals surface area contributed by atoms with E-state index >= 15 is 0 Å². The highest BCUT2D eigenvalue weighted by molar-refractivity contribution is 5.85. The van der Waals surface area contributed by atoms with Crippen LogP contribution in [0.5, 0.6) is 0 Å². The van der Waals surface area contributed by atoms with Crippen LogP contribution in [0.3, 0.4) is 0 Å². The van der Waals surface area contributed by atoms with Gasteiger partial charge in [-0.15, -0.1) is 0 Å². The van der Waals surface area contributed by atoms with Crippen molar-refractivity contribution < 1.29 is 19.4 Å². The van der Waals surface area contributed by atoms with Gasteiger partial charge in [-0.3, -0.25) is 4.79 Å². The molecule has 3 N–H and O–H groups in total. The van der Waals surface area contributed by atoms with Crippen LogP contribution in [0.2, 0.25) is 0 Å². The van der Waals surface area contributed by atoms with Crippen LogP contribution in [0.15, 0.2) is 30.6 Å². The molecule has 1 aromatic heterocycles. The highest BCUT2D eigenvalue weighted by atomic mass is 16.5. The molecule has 1 aliphatic heterocycles. The fourth-order valence-corrected chi connectivity index (χ4v) is 5.26. The van der Waals surface area contributed by atoms with Crippen molar-refractivity contribution in [2.75, 3.05) is 37.4 Å². The Morgan fingerprint density at radius 3 is 2.85 bits per heavy atom. The lowest BCUT2D eigenvalue weighted by Crippen LogP contribution is -2.55. The van der Waals surface area contributed by atoms with E-state index in [9.17, 15) is 14.7 Å². The van der Waals surface area contributed by atoms with Crippen molar-refractivity contribution in [1.29, 1.82) is 5.26 Å². The normalized spacial score (nSPS) is 21.9. The first kappa shape index (κ1) is 23.3. The Bertz CT molecular complexity index is 1130. The first-order valence-corrected chi connectivity index (χ1v) is 11.3. The van der Waals surface area contributed by atoms with E-state index in [1.165, 1.54) is 18.3 Å². The summed E-state index contributed by atoms with van der Waals surface area (Å²) < 4.78 is 5.26.